The first-order chi connectivity index (χ1) is 4.46. The Morgan fingerprint density at radius 1 is 1.00 bits per heavy atom. The van der Waals surface area contributed by atoms with Gasteiger partial charge in [0.1, 0.15) is 12.2 Å². The van der Waals surface area contributed by atoms with Crippen LogP contribution >= 0.6 is 0 Å². The maximum atomic E-state index is 9.63. The van der Waals surface area contributed by atoms with Gasteiger partial charge in [-0.15, -0.1) is 0 Å². The molecule has 0 saturated carbocycles. The van der Waals surface area contributed by atoms with Crippen molar-refractivity contribution < 1.29 is 52.6 Å². The fraction of sp³-hybridized carbons (Fsp3) is 0.500. The van der Waals surface area contributed by atoms with Crippen LogP contribution in [0.15, 0.2) is 0 Å². The summed E-state index contributed by atoms with van der Waals surface area (Å²) < 4.78 is 0. The topological polar surface area (TPSA) is 152 Å². The molecule has 0 aliphatic heterocycles. The molecule has 76 valence electrons. The summed E-state index contributed by atoms with van der Waals surface area (Å²) in [6, 6.07) is 0. The third kappa shape index (κ3) is 5.05. The Balaban J connectivity index is -0.000000405. The third-order valence-corrected chi connectivity index (χ3v) is 0.782. The minimum atomic E-state index is -2.44. The van der Waals surface area contributed by atoms with Gasteiger partial charge in [0.05, 0.1) is 11.9 Å². The zero-order valence-corrected chi connectivity index (χ0v) is 6.43. The number of aliphatic hydroxyl groups is 2. The van der Waals surface area contributed by atoms with E-state index in [1.165, 1.54) is 0 Å². The molecule has 0 spiro atoms. The van der Waals surface area contributed by atoms with Crippen LogP contribution in [0, 0.1) is 0 Å². The predicted octanol–water partition coefficient (Wildman–Crippen LogP) is -5.62. The van der Waals surface area contributed by atoms with Crippen molar-refractivity contribution in [2.24, 2.45) is 0 Å². The van der Waals surface area contributed by atoms with Gasteiger partial charge in [0.2, 0.25) is 0 Å². The average molecular weight is 230 g/mol. The molecule has 0 aliphatic carbocycles. The number of carboxylic acid groups (broad SMARTS) is 2. The van der Waals surface area contributed by atoms with Gasteiger partial charge in [0.25, 0.3) is 0 Å². The summed E-state index contributed by atoms with van der Waals surface area (Å²) in [5.74, 6) is -4.12. The van der Waals surface area contributed by atoms with Crippen LogP contribution < -0.4 is 10.2 Å². The first-order valence-corrected chi connectivity index (χ1v) is 2.24. The Hall–Kier alpha value is -0.661. The number of carbonyl (C=O) groups is 2. The third-order valence-electron chi connectivity index (χ3n) is 0.782. The number of carboxylic acids is 2. The van der Waals surface area contributed by atoms with Crippen molar-refractivity contribution >= 4 is 11.9 Å². The summed E-state index contributed by atoms with van der Waals surface area (Å²) in [6.07, 6.45) is -4.88. The molecule has 0 heterocycles. The minimum Gasteiger partial charge on any atom is -0.547 e. The summed E-state index contributed by atoms with van der Waals surface area (Å²) in [5.41, 5.74) is 0. The van der Waals surface area contributed by atoms with E-state index in [0.29, 0.717) is 0 Å². The van der Waals surface area contributed by atoms with Crippen LogP contribution in [0.5, 0.6) is 0 Å². The molecule has 0 saturated heterocycles. The van der Waals surface area contributed by atoms with Gasteiger partial charge in [-0.1, -0.05) is 0 Å². The van der Waals surface area contributed by atoms with E-state index in [0.717, 1.165) is 0 Å². The van der Waals surface area contributed by atoms with Crippen LogP contribution in [-0.2, 0) is 26.7 Å². The molecular weight excluding hydrogens is 224 g/mol. The van der Waals surface area contributed by atoms with Crippen LogP contribution in [0.25, 0.3) is 0 Å². The van der Waals surface area contributed by atoms with E-state index in [2.05, 4.69) is 0 Å². The van der Waals surface area contributed by atoms with Crippen molar-refractivity contribution in [1.29, 1.82) is 0 Å². The van der Waals surface area contributed by atoms with Gasteiger partial charge in [-0.25, -0.2) is 0 Å². The molecule has 2 atom stereocenters. The van der Waals surface area contributed by atoms with Gasteiger partial charge < -0.3 is 35.5 Å². The Bertz CT molecular complexity index is 139. The Morgan fingerprint density at radius 3 is 1.25 bits per heavy atom. The van der Waals surface area contributed by atoms with E-state index in [9.17, 15) is 19.8 Å². The van der Waals surface area contributed by atoms with E-state index in [4.69, 9.17) is 10.2 Å². The van der Waals surface area contributed by atoms with Gasteiger partial charge >= 0.3 is 17.1 Å². The fourth-order valence-corrected chi connectivity index (χ4v) is 0.258. The van der Waals surface area contributed by atoms with Crippen molar-refractivity contribution in [3.8, 4) is 0 Å². The molecule has 8 heteroatoms. The normalized spacial score (nSPS) is 13.2. The number of hydrogen-bond acceptors (Lipinski definition) is 6. The number of carbonyl (C=O) groups excluding carboxylic acids is 2. The number of rotatable bonds is 3. The Labute approximate surface area is 77.4 Å². The zero-order valence-electron chi connectivity index (χ0n) is 5.48. The number of aliphatic carboxylic acids is 2. The van der Waals surface area contributed by atoms with Crippen molar-refractivity contribution in [3.63, 3.8) is 0 Å². The van der Waals surface area contributed by atoms with Crippen LogP contribution in [0.4, 0.5) is 0 Å². The van der Waals surface area contributed by atoms with Crippen LogP contribution in [-0.4, -0.2) is 39.8 Å². The molecule has 0 aromatic heterocycles. The first-order valence-electron chi connectivity index (χ1n) is 2.24. The monoisotopic (exact) mass is 229 g/mol. The second-order valence-corrected chi connectivity index (χ2v) is 1.53. The van der Waals surface area contributed by atoms with E-state index in [1.54, 1.807) is 0 Å². The molecule has 0 fully saturated rings. The Morgan fingerprint density at radius 2 is 1.17 bits per heavy atom. The minimum absolute atomic E-state index is 0. The number of aliphatic hydroxyl groups excluding tert-OH is 2. The van der Waals surface area contributed by atoms with Crippen LogP contribution in [0.3, 0.4) is 0 Å². The van der Waals surface area contributed by atoms with Gasteiger partial charge in [-0.2, -0.15) is 0 Å². The average Bonchev–Trinajstić information content (AvgIpc) is 1.84. The zero-order chi connectivity index (χ0) is 8.31. The van der Waals surface area contributed by atoms with Gasteiger partial charge in [-0.3, -0.25) is 0 Å². The van der Waals surface area contributed by atoms with E-state index in [-0.39, 0.29) is 22.5 Å². The molecule has 4 N–H and O–H groups in total. The molecule has 0 amide bonds. The molecule has 0 radical (unpaired) electrons. The van der Waals surface area contributed by atoms with Crippen molar-refractivity contribution in [3.05, 3.63) is 0 Å². The second-order valence-electron chi connectivity index (χ2n) is 1.53. The summed E-state index contributed by atoms with van der Waals surface area (Å²) >= 11 is 0. The smallest absolute Gasteiger partial charge is 0.547 e. The molecule has 0 rings (SSSR count). The maximum absolute atomic E-state index is 9.63. The molecule has 0 aromatic rings. The maximum Gasteiger partial charge on any atom is 1.00 e. The SMILES string of the molecule is O.O=C([O-])C(O)C(O)C(=O)[O-].[Cu+]. The van der Waals surface area contributed by atoms with Crippen molar-refractivity contribution in [2.45, 2.75) is 12.2 Å². The summed E-state index contributed by atoms with van der Waals surface area (Å²) in [7, 11) is 0. The molecule has 2 unspecified atom stereocenters. The van der Waals surface area contributed by atoms with Crippen molar-refractivity contribution in [2.75, 3.05) is 0 Å². The molecule has 0 bridgehead atoms. The summed E-state index contributed by atoms with van der Waals surface area (Å²) in [5, 5.41) is 35.7. The van der Waals surface area contributed by atoms with Gasteiger partial charge in [0, 0.05) is 0 Å². The largest absolute Gasteiger partial charge is 1.00 e. The first kappa shape index (κ1) is 17.4. The van der Waals surface area contributed by atoms with Gasteiger partial charge in [0.15, 0.2) is 0 Å². The van der Waals surface area contributed by atoms with Gasteiger partial charge in [-0.05, 0) is 0 Å². The molecular formula is C4H6CuO7-. The molecule has 7 nitrogen and oxygen atoms in total. The quantitative estimate of drug-likeness (QED) is 0.460. The van der Waals surface area contributed by atoms with E-state index < -0.39 is 24.1 Å². The standard InChI is InChI=1S/C4H6O6.Cu.H2O/c5-1(3(7)8)2(6)4(9)10;;/h1-2,5-6H,(H,7,8)(H,9,10);;1H2/q;+1;/p-2. The Kier molecular flexibility index (Phi) is 10.2. The van der Waals surface area contributed by atoms with Crippen molar-refractivity contribution in [1.82, 2.24) is 0 Å². The summed E-state index contributed by atoms with van der Waals surface area (Å²) in [6.45, 7) is 0. The van der Waals surface area contributed by atoms with E-state index >= 15 is 0 Å². The second kappa shape index (κ2) is 7.01. The van der Waals surface area contributed by atoms with Crippen LogP contribution in [0.2, 0.25) is 0 Å². The molecule has 0 aromatic carbocycles. The molecule has 0 aliphatic rings. The summed E-state index contributed by atoms with van der Waals surface area (Å²) in [4.78, 5) is 19.3. The molecule has 12 heavy (non-hydrogen) atoms. The number of hydrogen-bond donors (Lipinski definition) is 2. The predicted molar refractivity (Wildman–Crippen MR) is 25.6 cm³/mol. The fourth-order valence-electron chi connectivity index (χ4n) is 0.258. The van der Waals surface area contributed by atoms with Crippen LogP contribution in [0.1, 0.15) is 0 Å². The van der Waals surface area contributed by atoms with E-state index in [1.807, 2.05) is 0 Å².